The topological polar surface area (TPSA) is 83.6 Å². The first-order valence-corrected chi connectivity index (χ1v) is 9.52. The van der Waals surface area contributed by atoms with Gasteiger partial charge in [0.1, 0.15) is 0 Å². The third-order valence-corrected chi connectivity index (χ3v) is 5.36. The molecule has 0 saturated heterocycles. The van der Waals surface area contributed by atoms with Crippen LogP contribution >= 0.6 is 0 Å². The minimum atomic E-state index is -0.616. The SMILES string of the molecule is CCCC[C@@H]1CC([N+](=O)[O-])CCCCCCCC[C@H](CO)[C@H]1O. The molecule has 1 rings (SSSR count). The van der Waals surface area contributed by atoms with Crippen molar-refractivity contribution in [3.8, 4) is 0 Å². The van der Waals surface area contributed by atoms with E-state index in [1.165, 1.54) is 0 Å². The number of nitrogens with zero attached hydrogens (tertiary/aromatic N) is 1. The van der Waals surface area contributed by atoms with Gasteiger partial charge in [-0.05, 0) is 25.2 Å². The molecule has 1 aliphatic rings. The third-order valence-electron chi connectivity index (χ3n) is 5.36. The van der Waals surface area contributed by atoms with E-state index in [1.54, 1.807) is 0 Å². The summed E-state index contributed by atoms with van der Waals surface area (Å²) in [6.07, 6.45) is 10.5. The Kier molecular flexibility index (Phi) is 10.4. The van der Waals surface area contributed by atoms with Crippen molar-refractivity contribution in [3.05, 3.63) is 10.1 Å². The van der Waals surface area contributed by atoms with Crippen molar-refractivity contribution in [1.29, 1.82) is 0 Å². The summed E-state index contributed by atoms with van der Waals surface area (Å²) in [5.74, 6) is -0.201. The number of aliphatic hydroxyl groups excluding tert-OH is 2. The van der Waals surface area contributed by atoms with Crippen LogP contribution in [0.2, 0.25) is 0 Å². The van der Waals surface area contributed by atoms with E-state index in [0.29, 0.717) is 12.8 Å². The van der Waals surface area contributed by atoms with Crippen molar-refractivity contribution in [1.82, 2.24) is 0 Å². The number of rotatable bonds is 5. The Hall–Kier alpha value is -0.680. The Morgan fingerprint density at radius 1 is 1.04 bits per heavy atom. The van der Waals surface area contributed by atoms with Gasteiger partial charge in [0, 0.05) is 30.3 Å². The summed E-state index contributed by atoms with van der Waals surface area (Å²) in [6.45, 7) is 2.08. The largest absolute Gasteiger partial charge is 0.396 e. The van der Waals surface area contributed by atoms with Crippen molar-refractivity contribution in [3.63, 3.8) is 0 Å². The Morgan fingerprint density at radius 3 is 2.22 bits per heavy atom. The van der Waals surface area contributed by atoms with Crippen LogP contribution in [0.25, 0.3) is 0 Å². The Labute approximate surface area is 140 Å². The minimum absolute atomic E-state index is 0.0209. The first-order valence-electron chi connectivity index (χ1n) is 9.52. The molecule has 0 aromatic carbocycles. The number of nitro groups is 1. The van der Waals surface area contributed by atoms with Gasteiger partial charge in [-0.2, -0.15) is 0 Å². The molecule has 0 aromatic rings. The lowest BCUT2D eigenvalue weighted by Crippen LogP contribution is -2.35. The highest BCUT2D eigenvalue weighted by molar-refractivity contribution is 4.79. The highest BCUT2D eigenvalue weighted by atomic mass is 16.6. The zero-order valence-electron chi connectivity index (χ0n) is 14.7. The molecule has 0 bridgehead atoms. The molecule has 0 radical (unpaired) electrons. The molecule has 136 valence electrons. The van der Waals surface area contributed by atoms with Gasteiger partial charge in [0.25, 0.3) is 0 Å². The summed E-state index contributed by atoms with van der Waals surface area (Å²) in [5.41, 5.74) is 0. The highest BCUT2D eigenvalue weighted by Gasteiger charge is 2.32. The Morgan fingerprint density at radius 2 is 1.65 bits per heavy atom. The number of unbranched alkanes of at least 4 members (excludes halogenated alkanes) is 1. The van der Waals surface area contributed by atoms with Gasteiger partial charge in [-0.15, -0.1) is 0 Å². The predicted molar refractivity (Wildman–Crippen MR) is 91.9 cm³/mol. The average Bonchev–Trinajstić information content (AvgIpc) is 2.55. The summed E-state index contributed by atoms with van der Waals surface area (Å²) in [4.78, 5) is 11.2. The van der Waals surface area contributed by atoms with E-state index in [0.717, 1.165) is 64.2 Å². The van der Waals surface area contributed by atoms with Gasteiger partial charge >= 0.3 is 0 Å². The molecule has 5 nitrogen and oxygen atoms in total. The number of aliphatic hydroxyl groups is 2. The minimum Gasteiger partial charge on any atom is -0.396 e. The lowest BCUT2D eigenvalue weighted by molar-refractivity contribution is -0.526. The van der Waals surface area contributed by atoms with Crippen LogP contribution in [0.3, 0.4) is 0 Å². The maximum absolute atomic E-state index is 11.4. The van der Waals surface area contributed by atoms with E-state index in [1.807, 2.05) is 0 Å². The number of hydrogen-bond donors (Lipinski definition) is 2. The average molecular weight is 329 g/mol. The van der Waals surface area contributed by atoms with Crippen molar-refractivity contribution < 1.29 is 15.1 Å². The monoisotopic (exact) mass is 329 g/mol. The molecule has 1 unspecified atom stereocenters. The van der Waals surface area contributed by atoms with Crippen LogP contribution in [-0.2, 0) is 0 Å². The second-order valence-corrected chi connectivity index (χ2v) is 7.21. The molecule has 2 N–H and O–H groups in total. The van der Waals surface area contributed by atoms with Gasteiger partial charge in [-0.3, -0.25) is 10.1 Å². The van der Waals surface area contributed by atoms with Crippen LogP contribution in [0, 0.1) is 22.0 Å². The normalized spacial score (nSPS) is 31.6. The first-order chi connectivity index (χ1) is 11.1. The quantitative estimate of drug-likeness (QED) is 0.591. The fourth-order valence-electron chi connectivity index (χ4n) is 3.80. The van der Waals surface area contributed by atoms with Gasteiger partial charge in [0.2, 0.25) is 6.04 Å². The van der Waals surface area contributed by atoms with Gasteiger partial charge in [0.05, 0.1) is 6.10 Å². The lowest BCUT2D eigenvalue weighted by atomic mass is 9.81. The summed E-state index contributed by atoms with van der Waals surface area (Å²) < 4.78 is 0. The summed E-state index contributed by atoms with van der Waals surface area (Å²) in [6, 6.07) is -0.549. The maximum Gasteiger partial charge on any atom is 0.213 e. The van der Waals surface area contributed by atoms with Crippen molar-refractivity contribution in [2.75, 3.05) is 6.61 Å². The van der Waals surface area contributed by atoms with Crippen molar-refractivity contribution in [2.45, 2.75) is 96.1 Å². The van der Waals surface area contributed by atoms with E-state index >= 15 is 0 Å². The zero-order chi connectivity index (χ0) is 17.1. The van der Waals surface area contributed by atoms with E-state index in [9.17, 15) is 20.3 Å². The molecule has 0 aromatic heterocycles. The number of hydrogen-bond acceptors (Lipinski definition) is 4. The second kappa shape index (κ2) is 11.8. The standard InChI is InChI=1S/C18H35NO4/c1-2-3-10-15-13-17(19(22)23)12-9-7-5-4-6-8-11-16(14-20)18(15)21/h15-18,20-21H,2-14H2,1H3/t15-,16-,17?,18+/m1/s1. The third kappa shape index (κ3) is 7.62. The van der Waals surface area contributed by atoms with Crippen LogP contribution < -0.4 is 0 Å². The predicted octanol–water partition coefficient (Wildman–Crippen LogP) is 3.93. The highest BCUT2D eigenvalue weighted by Crippen LogP contribution is 2.29. The molecule has 0 amide bonds. The van der Waals surface area contributed by atoms with Gasteiger partial charge < -0.3 is 10.2 Å². The molecule has 0 aliphatic heterocycles. The molecule has 1 saturated carbocycles. The van der Waals surface area contributed by atoms with E-state index in [2.05, 4.69) is 6.92 Å². The smallest absolute Gasteiger partial charge is 0.213 e. The lowest BCUT2D eigenvalue weighted by Gasteiger charge is -2.29. The summed E-state index contributed by atoms with van der Waals surface area (Å²) in [5, 5.41) is 31.8. The van der Waals surface area contributed by atoms with E-state index in [-0.39, 0.29) is 23.4 Å². The van der Waals surface area contributed by atoms with Crippen molar-refractivity contribution >= 4 is 0 Å². The first kappa shape index (κ1) is 20.4. The van der Waals surface area contributed by atoms with Gasteiger partial charge in [-0.25, -0.2) is 0 Å². The van der Waals surface area contributed by atoms with Crippen LogP contribution in [0.15, 0.2) is 0 Å². The Bertz CT molecular complexity index is 324. The van der Waals surface area contributed by atoms with Crippen LogP contribution in [0.5, 0.6) is 0 Å². The van der Waals surface area contributed by atoms with Crippen LogP contribution in [0.4, 0.5) is 0 Å². The molecule has 0 heterocycles. The maximum atomic E-state index is 11.4. The second-order valence-electron chi connectivity index (χ2n) is 7.21. The zero-order valence-corrected chi connectivity index (χ0v) is 14.7. The van der Waals surface area contributed by atoms with E-state index in [4.69, 9.17) is 0 Å². The molecule has 5 heteroatoms. The molecule has 23 heavy (non-hydrogen) atoms. The van der Waals surface area contributed by atoms with E-state index < -0.39 is 12.1 Å². The fraction of sp³-hybridized carbons (Fsp3) is 1.00. The van der Waals surface area contributed by atoms with Crippen LogP contribution in [0.1, 0.15) is 84.0 Å². The van der Waals surface area contributed by atoms with Crippen LogP contribution in [-0.4, -0.2) is 33.9 Å². The molecule has 0 spiro atoms. The molecule has 4 atom stereocenters. The molecule has 1 fully saturated rings. The summed E-state index contributed by atoms with van der Waals surface area (Å²) >= 11 is 0. The molecule has 1 aliphatic carbocycles. The summed E-state index contributed by atoms with van der Waals surface area (Å²) in [7, 11) is 0. The van der Waals surface area contributed by atoms with Crippen molar-refractivity contribution in [2.24, 2.45) is 11.8 Å². The Balaban J connectivity index is 2.83. The fourth-order valence-corrected chi connectivity index (χ4v) is 3.80. The van der Waals surface area contributed by atoms with Gasteiger partial charge in [0.15, 0.2) is 0 Å². The van der Waals surface area contributed by atoms with Gasteiger partial charge in [-0.1, -0.05) is 51.9 Å². The molecular weight excluding hydrogens is 294 g/mol. The molecular formula is C18H35NO4.